The Morgan fingerprint density at radius 3 is 1.92 bits per heavy atom. The Balaban J connectivity index is 1.98. The Kier molecular flexibility index (Phi) is 5.60. The molecular formula is C20H25N2O3P. The van der Waals surface area contributed by atoms with Crippen molar-refractivity contribution < 1.29 is 14.4 Å². The van der Waals surface area contributed by atoms with Gasteiger partial charge < -0.3 is 0 Å². The number of carbonyl (C=O) groups excluding carboxylic acids is 1. The first-order chi connectivity index (χ1) is 12.6. The van der Waals surface area contributed by atoms with Gasteiger partial charge in [0.15, 0.2) is 0 Å². The first kappa shape index (κ1) is 18.4. The van der Waals surface area contributed by atoms with Crippen LogP contribution in [0.15, 0.2) is 72.6 Å². The summed E-state index contributed by atoms with van der Waals surface area (Å²) in [5.74, 6) is -0.355. The van der Waals surface area contributed by atoms with Gasteiger partial charge in [0.1, 0.15) is 0 Å². The second-order valence-electron chi connectivity index (χ2n) is 6.20. The van der Waals surface area contributed by atoms with Crippen molar-refractivity contribution in [3.63, 3.8) is 0 Å². The molecular weight excluding hydrogens is 347 g/mol. The van der Waals surface area contributed by atoms with Crippen LogP contribution in [0.1, 0.15) is 13.3 Å². The monoisotopic (exact) mass is 372 g/mol. The summed E-state index contributed by atoms with van der Waals surface area (Å²) in [6, 6.07) is 19.6. The number of carbonyl (C=O) groups is 1. The standard InChI is InChI=1S/C20H25N2O3P/c1-3-25-20(23)16-17(2)26(24)21(18-10-6-4-7-11-18)14-15-22(26)19-12-8-5-9-13-19/h4-13,24,26H,2-3,14-16H2,1H3. The first-order valence-electron chi connectivity index (χ1n) is 8.79. The van der Waals surface area contributed by atoms with Gasteiger partial charge in [0.25, 0.3) is 0 Å². The van der Waals surface area contributed by atoms with E-state index in [0.29, 0.717) is 25.0 Å². The topological polar surface area (TPSA) is 53.0 Å². The third kappa shape index (κ3) is 3.46. The van der Waals surface area contributed by atoms with E-state index in [1.807, 2.05) is 70.0 Å². The van der Waals surface area contributed by atoms with Crippen molar-refractivity contribution in [3.8, 4) is 0 Å². The maximum absolute atomic E-state index is 12.0. The van der Waals surface area contributed by atoms with Gasteiger partial charge in [-0.1, -0.05) is 0 Å². The fourth-order valence-electron chi connectivity index (χ4n) is 3.38. The van der Waals surface area contributed by atoms with Crippen LogP contribution in [0, 0.1) is 0 Å². The molecule has 0 unspecified atom stereocenters. The third-order valence-electron chi connectivity index (χ3n) is 4.57. The number of benzene rings is 2. The van der Waals surface area contributed by atoms with Crippen LogP contribution >= 0.6 is 7.79 Å². The van der Waals surface area contributed by atoms with Crippen LogP contribution in [0.5, 0.6) is 0 Å². The summed E-state index contributed by atoms with van der Waals surface area (Å²) in [6.45, 7) is 7.54. The molecule has 2 aromatic rings. The Morgan fingerprint density at radius 1 is 1.04 bits per heavy atom. The van der Waals surface area contributed by atoms with E-state index in [1.54, 1.807) is 6.92 Å². The van der Waals surface area contributed by atoms with E-state index in [4.69, 9.17) is 4.74 Å². The molecule has 138 valence electrons. The molecule has 0 aliphatic carbocycles. The van der Waals surface area contributed by atoms with E-state index >= 15 is 0 Å². The molecule has 0 aromatic heterocycles. The molecule has 0 atom stereocenters. The molecule has 26 heavy (non-hydrogen) atoms. The molecule has 0 saturated carbocycles. The van der Waals surface area contributed by atoms with Gasteiger partial charge in [-0.3, -0.25) is 0 Å². The van der Waals surface area contributed by atoms with Gasteiger partial charge in [0.05, 0.1) is 0 Å². The van der Waals surface area contributed by atoms with E-state index < -0.39 is 7.79 Å². The normalized spacial score (nSPS) is 17.0. The molecule has 1 saturated heterocycles. The van der Waals surface area contributed by atoms with Crippen LogP contribution in [0.25, 0.3) is 0 Å². The molecule has 1 fully saturated rings. The molecule has 2 aromatic carbocycles. The van der Waals surface area contributed by atoms with Crippen molar-refractivity contribution in [2.45, 2.75) is 13.3 Å². The second-order valence-corrected chi connectivity index (χ2v) is 9.25. The molecule has 0 amide bonds. The number of esters is 1. The van der Waals surface area contributed by atoms with Crippen LogP contribution in [-0.4, -0.2) is 30.6 Å². The predicted molar refractivity (Wildman–Crippen MR) is 108 cm³/mol. The molecule has 1 heterocycles. The predicted octanol–water partition coefficient (Wildman–Crippen LogP) is 3.97. The molecule has 0 radical (unpaired) electrons. The van der Waals surface area contributed by atoms with Crippen molar-refractivity contribution in [2.24, 2.45) is 0 Å². The van der Waals surface area contributed by atoms with Gasteiger partial charge in [0.2, 0.25) is 0 Å². The van der Waals surface area contributed by atoms with Crippen LogP contribution in [0.2, 0.25) is 0 Å². The van der Waals surface area contributed by atoms with Crippen LogP contribution in [0.3, 0.4) is 0 Å². The summed E-state index contributed by atoms with van der Waals surface area (Å²) >= 11 is 0. The van der Waals surface area contributed by atoms with Gasteiger partial charge >= 0.3 is 154 Å². The maximum atomic E-state index is 12.0. The average Bonchev–Trinajstić information content (AvgIpc) is 3.02. The van der Waals surface area contributed by atoms with Gasteiger partial charge in [-0.2, -0.15) is 0 Å². The zero-order valence-electron chi connectivity index (χ0n) is 15.0. The second kappa shape index (κ2) is 7.90. The first-order valence-corrected chi connectivity index (χ1v) is 10.6. The van der Waals surface area contributed by atoms with E-state index in [1.165, 1.54) is 0 Å². The SMILES string of the molecule is C=C(CC(=O)OCC)[PH]1(O)N(c2ccccc2)CCN1c1ccccc1. The van der Waals surface area contributed by atoms with Crippen molar-refractivity contribution in [1.29, 1.82) is 0 Å². The van der Waals surface area contributed by atoms with Crippen LogP contribution in [-0.2, 0) is 9.53 Å². The van der Waals surface area contributed by atoms with Crippen molar-refractivity contribution >= 4 is 25.1 Å². The number of rotatable bonds is 6. The Hall–Kier alpha value is -2.36. The fourth-order valence-corrected chi connectivity index (χ4v) is 6.66. The summed E-state index contributed by atoms with van der Waals surface area (Å²) in [4.78, 5) is 23.9. The van der Waals surface area contributed by atoms with Gasteiger partial charge in [-0.15, -0.1) is 0 Å². The van der Waals surface area contributed by atoms with E-state index in [9.17, 15) is 9.69 Å². The van der Waals surface area contributed by atoms with Gasteiger partial charge in [-0.25, -0.2) is 0 Å². The number of hydrogen-bond acceptors (Lipinski definition) is 5. The van der Waals surface area contributed by atoms with E-state index in [0.717, 1.165) is 11.4 Å². The molecule has 6 heteroatoms. The molecule has 1 aliphatic heterocycles. The summed E-state index contributed by atoms with van der Waals surface area (Å²) in [5.41, 5.74) is 1.87. The summed E-state index contributed by atoms with van der Waals surface area (Å²) in [5, 5.41) is 0.529. The summed E-state index contributed by atoms with van der Waals surface area (Å²) < 4.78 is 9.10. The van der Waals surface area contributed by atoms with Crippen molar-refractivity contribution in [1.82, 2.24) is 0 Å². The fraction of sp³-hybridized carbons (Fsp3) is 0.250. The number of ether oxygens (including phenoxy) is 1. The Bertz CT molecular complexity index is 720. The number of hydrogen-bond donors (Lipinski definition) is 1. The quantitative estimate of drug-likeness (QED) is 0.614. The Labute approximate surface area is 155 Å². The molecule has 0 bridgehead atoms. The zero-order chi connectivity index (χ0) is 18.6. The molecule has 1 N–H and O–H groups in total. The van der Waals surface area contributed by atoms with Gasteiger partial charge in [-0.05, 0) is 0 Å². The number of nitrogens with zero attached hydrogens (tertiary/aromatic N) is 2. The minimum absolute atomic E-state index is 0.0171. The summed E-state index contributed by atoms with van der Waals surface area (Å²) in [6.07, 6.45) is 0.0171. The third-order valence-corrected chi connectivity index (χ3v) is 8.17. The average molecular weight is 372 g/mol. The van der Waals surface area contributed by atoms with Gasteiger partial charge in [0, 0.05) is 0 Å². The molecule has 0 spiro atoms. The van der Waals surface area contributed by atoms with E-state index in [-0.39, 0.29) is 12.4 Å². The number of para-hydroxylation sites is 2. The van der Waals surface area contributed by atoms with Crippen LogP contribution < -0.4 is 9.34 Å². The van der Waals surface area contributed by atoms with Crippen LogP contribution in [0.4, 0.5) is 11.4 Å². The van der Waals surface area contributed by atoms with Crippen molar-refractivity contribution in [3.05, 3.63) is 72.6 Å². The zero-order valence-corrected chi connectivity index (χ0v) is 16.0. The molecule has 1 aliphatic rings. The molecule has 5 nitrogen and oxygen atoms in total. The van der Waals surface area contributed by atoms with Crippen molar-refractivity contribution in [2.75, 3.05) is 29.0 Å². The van der Waals surface area contributed by atoms with E-state index in [2.05, 4.69) is 6.58 Å². The Morgan fingerprint density at radius 2 is 1.50 bits per heavy atom. The molecule has 3 rings (SSSR count). The summed E-state index contributed by atoms with van der Waals surface area (Å²) in [7, 11) is -3.35. The number of anilines is 2. The minimum atomic E-state index is -3.35.